The normalized spacial score (nSPS) is 17.1. The molecule has 148 valence electrons. The molecule has 0 saturated heterocycles. The molecule has 0 saturated carbocycles. The summed E-state index contributed by atoms with van der Waals surface area (Å²) in [5.74, 6) is 2.72. The van der Waals surface area contributed by atoms with Crippen LogP contribution in [0.15, 0.2) is 4.99 Å². The van der Waals surface area contributed by atoms with Crippen LogP contribution < -0.4 is 16.0 Å². The van der Waals surface area contributed by atoms with E-state index in [1.807, 2.05) is 25.5 Å². The maximum Gasteiger partial charge on any atom is 0.227 e. The van der Waals surface area contributed by atoms with Gasteiger partial charge < -0.3 is 16.0 Å². The van der Waals surface area contributed by atoms with E-state index in [0.717, 1.165) is 37.5 Å². The Morgan fingerprint density at radius 3 is 2.69 bits per heavy atom. The van der Waals surface area contributed by atoms with Crippen LogP contribution in [0.4, 0.5) is 0 Å². The quantitative estimate of drug-likeness (QED) is 0.324. The van der Waals surface area contributed by atoms with Crippen LogP contribution in [0.3, 0.4) is 0 Å². The Kier molecular flexibility index (Phi) is 8.78. The molecule has 1 atom stereocenters. The molecule has 0 aliphatic carbocycles. The number of aromatic nitrogens is 3. The Morgan fingerprint density at radius 2 is 2.08 bits per heavy atom. The van der Waals surface area contributed by atoms with Gasteiger partial charge >= 0.3 is 0 Å². The molecule has 1 aliphatic rings. The smallest absolute Gasteiger partial charge is 0.227 e. The molecule has 0 aromatic carbocycles. The van der Waals surface area contributed by atoms with Gasteiger partial charge in [0.1, 0.15) is 5.82 Å². The molecule has 9 heteroatoms. The van der Waals surface area contributed by atoms with E-state index in [4.69, 9.17) is 0 Å². The van der Waals surface area contributed by atoms with Crippen molar-refractivity contribution in [2.45, 2.75) is 59.5 Å². The molecule has 1 aliphatic heterocycles. The van der Waals surface area contributed by atoms with Crippen LogP contribution in [0.25, 0.3) is 0 Å². The Balaban J connectivity index is 0.00000338. The Bertz CT molecular complexity index is 627. The summed E-state index contributed by atoms with van der Waals surface area (Å²) in [4.78, 5) is 20.9. The topological polar surface area (TPSA) is 96.2 Å². The number of hydrogen-bond donors (Lipinski definition) is 3. The Morgan fingerprint density at radius 1 is 1.35 bits per heavy atom. The first kappa shape index (κ1) is 22.7. The maximum atomic E-state index is 12.1. The molecule has 1 aromatic heterocycles. The van der Waals surface area contributed by atoms with Crippen molar-refractivity contribution in [2.75, 3.05) is 20.1 Å². The van der Waals surface area contributed by atoms with Crippen molar-refractivity contribution in [1.29, 1.82) is 0 Å². The molecule has 26 heavy (non-hydrogen) atoms. The van der Waals surface area contributed by atoms with Crippen molar-refractivity contribution < 1.29 is 4.79 Å². The van der Waals surface area contributed by atoms with Gasteiger partial charge in [-0.25, -0.2) is 9.67 Å². The first-order valence-corrected chi connectivity index (χ1v) is 9.07. The molecule has 0 fully saturated rings. The van der Waals surface area contributed by atoms with Gasteiger partial charge in [0.15, 0.2) is 11.8 Å². The van der Waals surface area contributed by atoms with Crippen LogP contribution in [0.2, 0.25) is 0 Å². The van der Waals surface area contributed by atoms with E-state index in [1.165, 1.54) is 0 Å². The van der Waals surface area contributed by atoms with E-state index in [-0.39, 0.29) is 35.9 Å². The number of aliphatic imine (C=N–C) groups is 1. The summed E-state index contributed by atoms with van der Waals surface area (Å²) >= 11 is 0. The SMILES string of the molecule is CCNC(=O)C(C)(C)CNC(=NC)NC1CCc2nc(CC)nn2C1.I. The van der Waals surface area contributed by atoms with Gasteiger partial charge in [-0.15, -0.1) is 24.0 Å². The van der Waals surface area contributed by atoms with Gasteiger partial charge in [0, 0.05) is 39.0 Å². The van der Waals surface area contributed by atoms with Gasteiger partial charge in [-0.1, -0.05) is 6.92 Å². The lowest BCUT2D eigenvalue weighted by Gasteiger charge is -2.28. The third-order valence-corrected chi connectivity index (χ3v) is 4.43. The third kappa shape index (κ3) is 5.82. The zero-order valence-electron chi connectivity index (χ0n) is 16.4. The van der Waals surface area contributed by atoms with Crippen LogP contribution in [0.1, 0.15) is 45.8 Å². The van der Waals surface area contributed by atoms with Gasteiger partial charge in [0.05, 0.1) is 12.0 Å². The molecular weight excluding hydrogens is 445 g/mol. The monoisotopic (exact) mass is 477 g/mol. The third-order valence-electron chi connectivity index (χ3n) is 4.43. The summed E-state index contributed by atoms with van der Waals surface area (Å²) in [5, 5.41) is 14.1. The van der Waals surface area contributed by atoms with E-state index in [0.29, 0.717) is 19.0 Å². The van der Waals surface area contributed by atoms with Crippen molar-refractivity contribution in [3.05, 3.63) is 11.6 Å². The van der Waals surface area contributed by atoms with Crippen molar-refractivity contribution >= 4 is 35.8 Å². The maximum absolute atomic E-state index is 12.1. The number of rotatable bonds is 6. The largest absolute Gasteiger partial charge is 0.356 e. The summed E-state index contributed by atoms with van der Waals surface area (Å²) in [6, 6.07) is 0.248. The molecule has 1 unspecified atom stereocenters. The van der Waals surface area contributed by atoms with Crippen molar-refractivity contribution in [2.24, 2.45) is 10.4 Å². The number of halogens is 1. The van der Waals surface area contributed by atoms with Gasteiger partial charge in [-0.3, -0.25) is 9.79 Å². The summed E-state index contributed by atoms with van der Waals surface area (Å²) in [5.41, 5.74) is -0.505. The fourth-order valence-electron chi connectivity index (χ4n) is 2.80. The van der Waals surface area contributed by atoms with E-state index in [2.05, 4.69) is 37.9 Å². The number of nitrogens with one attached hydrogen (secondary N) is 3. The first-order valence-electron chi connectivity index (χ1n) is 9.07. The molecule has 0 bridgehead atoms. The second-order valence-corrected chi connectivity index (χ2v) is 7.03. The van der Waals surface area contributed by atoms with Crippen molar-refractivity contribution in [3.63, 3.8) is 0 Å². The van der Waals surface area contributed by atoms with Gasteiger partial charge in [-0.05, 0) is 27.2 Å². The van der Waals surface area contributed by atoms with E-state index >= 15 is 0 Å². The van der Waals surface area contributed by atoms with Crippen molar-refractivity contribution in [1.82, 2.24) is 30.7 Å². The molecular formula is C17H32IN7O. The molecule has 1 amide bonds. The fraction of sp³-hybridized carbons (Fsp3) is 0.765. The average Bonchev–Trinajstić information content (AvgIpc) is 3.01. The molecule has 3 N–H and O–H groups in total. The Hall–Kier alpha value is -1.39. The number of carbonyl (C=O) groups is 1. The highest BCUT2D eigenvalue weighted by Crippen LogP contribution is 2.15. The van der Waals surface area contributed by atoms with Crippen LogP contribution in [0.5, 0.6) is 0 Å². The number of amides is 1. The van der Waals surface area contributed by atoms with Crippen LogP contribution >= 0.6 is 24.0 Å². The Labute approximate surface area is 173 Å². The number of fused-ring (bicyclic) bond motifs is 1. The minimum absolute atomic E-state index is 0. The van der Waals surface area contributed by atoms with Gasteiger partial charge in [0.2, 0.25) is 5.91 Å². The summed E-state index contributed by atoms with van der Waals surface area (Å²) < 4.78 is 1.99. The predicted molar refractivity (Wildman–Crippen MR) is 114 cm³/mol. The zero-order valence-corrected chi connectivity index (χ0v) is 18.8. The molecule has 8 nitrogen and oxygen atoms in total. The van der Waals surface area contributed by atoms with E-state index in [9.17, 15) is 4.79 Å². The van der Waals surface area contributed by atoms with Crippen LogP contribution in [-0.2, 0) is 24.2 Å². The number of guanidine groups is 1. The predicted octanol–water partition coefficient (Wildman–Crippen LogP) is 1.10. The number of nitrogens with zero attached hydrogens (tertiary/aromatic N) is 4. The lowest BCUT2D eigenvalue weighted by Crippen LogP contribution is -2.51. The second-order valence-electron chi connectivity index (χ2n) is 7.03. The summed E-state index contributed by atoms with van der Waals surface area (Å²) in [6.45, 7) is 9.77. The molecule has 1 aromatic rings. The highest BCUT2D eigenvalue weighted by atomic mass is 127. The molecule has 0 spiro atoms. The highest BCUT2D eigenvalue weighted by Gasteiger charge is 2.28. The lowest BCUT2D eigenvalue weighted by atomic mass is 9.92. The number of carbonyl (C=O) groups excluding carboxylic acids is 1. The van der Waals surface area contributed by atoms with Gasteiger partial charge in [-0.2, -0.15) is 5.10 Å². The second kappa shape index (κ2) is 10.1. The van der Waals surface area contributed by atoms with E-state index in [1.54, 1.807) is 7.05 Å². The van der Waals surface area contributed by atoms with Crippen LogP contribution in [-0.4, -0.2) is 52.8 Å². The molecule has 2 rings (SSSR count). The lowest BCUT2D eigenvalue weighted by molar-refractivity contribution is -0.128. The minimum Gasteiger partial charge on any atom is -0.356 e. The number of aryl methyl sites for hydroxylation is 2. The van der Waals surface area contributed by atoms with Gasteiger partial charge in [0.25, 0.3) is 0 Å². The molecule has 2 heterocycles. The van der Waals surface area contributed by atoms with Crippen molar-refractivity contribution in [3.8, 4) is 0 Å². The summed E-state index contributed by atoms with van der Waals surface area (Å²) in [7, 11) is 1.74. The zero-order chi connectivity index (χ0) is 18.4. The fourth-order valence-corrected chi connectivity index (χ4v) is 2.80. The van der Waals surface area contributed by atoms with Crippen LogP contribution in [0, 0.1) is 5.41 Å². The average molecular weight is 477 g/mol. The first-order chi connectivity index (χ1) is 11.9. The van der Waals surface area contributed by atoms with E-state index < -0.39 is 5.41 Å². The highest BCUT2D eigenvalue weighted by molar-refractivity contribution is 14.0. The molecule has 0 radical (unpaired) electrons. The minimum atomic E-state index is -0.505. The number of hydrogen-bond acceptors (Lipinski definition) is 4. The summed E-state index contributed by atoms with van der Waals surface area (Å²) in [6.07, 6.45) is 2.75. The standard InChI is InChI=1S/C17H31N7O.HI/c1-6-13-22-14-9-8-12(10-24(14)23-13)21-16(18-5)20-11-17(3,4)15(25)19-7-2;/h12H,6-11H2,1-5H3,(H,19,25)(H2,18,20,21);1H.